The molecule has 1 aliphatic heterocycles. The number of nitrogens with one attached hydrogen (secondary N) is 1. The van der Waals surface area contributed by atoms with E-state index in [1.807, 2.05) is 6.20 Å². The van der Waals surface area contributed by atoms with E-state index >= 15 is 0 Å². The molecule has 0 saturated carbocycles. The first-order chi connectivity index (χ1) is 10.1. The van der Waals surface area contributed by atoms with Crippen molar-refractivity contribution in [2.75, 3.05) is 31.7 Å². The lowest BCUT2D eigenvalue weighted by atomic mass is 10.1. The Morgan fingerprint density at radius 1 is 1.48 bits per heavy atom. The van der Waals surface area contributed by atoms with Crippen LogP contribution in [0.4, 0.5) is 5.69 Å². The van der Waals surface area contributed by atoms with Crippen LogP contribution in [0.5, 0.6) is 0 Å². The molecule has 1 aliphatic rings. The van der Waals surface area contributed by atoms with E-state index < -0.39 is 0 Å². The van der Waals surface area contributed by atoms with Crippen molar-refractivity contribution in [3.05, 3.63) is 17.7 Å². The summed E-state index contributed by atoms with van der Waals surface area (Å²) in [7, 11) is 2.12. The molecule has 1 N–H and O–H groups in total. The molecule has 0 aromatic carbocycles. The van der Waals surface area contributed by atoms with E-state index in [0.717, 1.165) is 56.4 Å². The van der Waals surface area contributed by atoms with Crippen molar-refractivity contribution >= 4 is 5.69 Å². The SMILES string of the molecule is CCCNCc1nc(C(C)C)ncc1N(C)C1CCOC1. The first kappa shape index (κ1) is 16.2. The van der Waals surface area contributed by atoms with Crippen molar-refractivity contribution in [1.82, 2.24) is 15.3 Å². The average Bonchev–Trinajstić information content (AvgIpc) is 3.01. The van der Waals surface area contributed by atoms with E-state index in [0.29, 0.717) is 12.0 Å². The molecule has 0 spiro atoms. The van der Waals surface area contributed by atoms with Crippen molar-refractivity contribution in [2.24, 2.45) is 0 Å². The number of rotatable bonds is 7. The molecule has 5 heteroatoms. The summed E-state index contributed by atoms with van der Waals surface area (Å²) in [6.45, 7) is 9.89. The van der Waals surface area contributed by atoms with Crippen LogP contribution in [-0.2, 0) is 11.3 Å². The summed E-state index contributed by atoms with van der Waals surface area (Å²) >= 11 is 0. The highest BCUT2D eigenvalue weighted by molar-refractivity contribution is 5.49. The minimum atomic E-state index is 0.351. The van der Waals surface area contributed by atoms with Crippen molar-refractivity contribution in [1.29, 1.82) is 0 Å². The molecule has 5 nitrogen and oxygen atoms in total. The predicted octanol–water partition coefficient (Wildman–Crippen LogP) is 2.32. The molecule has 1 atom stereocenters. The van der Waals surface area contributed by atoms with Crippen LogP contribution in [0.25, 0.3) is 0 Å². The van der Waals surface area contributed by atoms with E-state index in [4.69, 9.17) is 9.72 Å². The molecular formula is C16H28N4O. The van der Waals surface area contributed by atoms with Crippen molar-refractivity contribution in [3.63, 3.8) is 0 Å². The zero-order valence-electron chi connectivity index (χ0n) is 13.7. The largest absolute Gasteiger partial charge is 0.379 e. The van der Waals surface area contributed by atoms with Gasteiger partial charge in [0.05, 0.1) is 30.2 Å². The van der Waals surface area contributed by atoms with E-state index in [9.17, 15) is 0 Å². The maximum absolute atomic E-state index is 5.50. The molecule has 1 aromatic heterocycles. The predicted molar refractivity (Wildman–Crippen MR) is 85.7 cm³/mol. The molecule has 1 unspecified atom stereocenters. The Labute approximate surface area is 128 Å². The fraction of sp³-hybridized carbons (Fsp3) is 0.750. The van der Waals surface area contributed by atoms with Gasteiger partial charge in [-0.05, 0) is 19.4 Å². The number of ether oxygens (including phenoxy) is 1. The monoisotopic (exact) mass is 292 g/mol. The highest BCUT2D eigenvalue weighted by atomic mass is 16.5. The normalized spacial score (nSPS) is 18.4. The van der Waals surface area contributed by atoms with Gasteiger partial charge in [-0.3, -0.25) is 0 Å². The van der Waals surface area contributed by atoms with Crippen molar-refractivity contribution in [3.8, 4) is 0 Å². The summed E-state index contributed by atoms with van der Waals surface area (Å²) in [5.74, 6) is 1.27. The summed E-state index contributed by atoms with van der Waals surface area (Å²) in [6.07, 6.45) is 4.18. The van der Waals surface area contributed by atoms with Crippen LogP contribution in [0.1, 0.15) is 51.0 Å². The Morgan fingerprint density at radius 2 is 2.29 bits per heavy atom. The number of likely N-dealkylation sites (N-methyl/N-ethyl adjacent to an activating group) is 1. The van der Waals surface area contributed by atoms with Gasteiger partial charge >= 0.3 is 0 Å². The number of anilines is 1. The molecular weight excluding hydrogens is 264 g/mol. The van der Waals surface area contributed by atoms with E-state index in [1.54, 1.807) is 0 Å². The lowest BCUT2D eigenvalue weighted by Crippen LogP contribution is -2.33. The van der Waals surface area contributed by atoms with Gasteiger partial charge < -0.3 is 15.0 Å². The molecule has 1 aromatic rings. The maximum atomic E-state index is 5.50. The Bertz CT molecular complexity index is 444. The fourth-order valence-corrected chi connectivity index (χ4v) is 2.54. The zero-order chi connectivity index (χ0) is 15.2. The Balaban J connectivity index is 2.20. The van der Waals surface area contributed by atoms with Gasteiger partial charge in [0.25, 0.3) is 0 Å². The van der Waals surface area contributed by atoms with E-state index in [-0.39, 0.29) is 0 Å². The summed E-state index contributed by atoms with van der Waals surface area (Å²) in [6, 6.07) is 0.434. The van der Waals surface area contributed by atoms with Gasteiger partial charge in [0.1, 0.15) is 5.82 Å². The molecule has 1 fully saturated rings. The lowest BCUT2D eigenvalue weighted by molar-refractivity contribution is 0.193. The maximum Gasteiger partial charge on any atom is 0.131 e. The zero-order valence-corrected chi connectivity index (χ0v) is 13.7. The van der Waals surface area contributed by atoms with Crippen LogP contribution < -0.4 is 10.2 Å². The minimum absolute atomic E-state index is 0.351. The number of aromatic nitrogens is 2. The van der Waals surface area contributed by atoms with Gasteiger partial charge in [-0.2, -0.15) is 0 Å². The quantitative estimate of drug-likeness (QED) is 0.782. The number of nitrogens with zero attached hydrogens (tertiary/aromatic N) is 3. The highest BCUT2D eigenvalue weighted by Gasteiger charge is 2.23. The van der Waals surface area contributed by atoms with Gasteiger partial charge in [-0.15, -0.1) is 0 Å². The second-order valence-electron chi connectivity index (χ2n) is 6.02. The molecule has 0 bridgehead atoms. The molecule has 0 aliphatic carbocycles. The average molecular weight is 292 g/mol. The Kier molecular flexibility index (Phi) is 5.94. The molecule has 2 heterocycles. The summed E-state index contributed by atoms with van der Waals surface area (Å²) in [5, 5.41) is 3.46. The fourth-order valence-electron chi connectivity index (χ4n) is 2.54. The lowest BCUT2D eigenvalue weighted by Gasteiger charge is -2.27. The van der Waals surface area contributed by atoms with Gasteiger partial charge in [0, 0.05) is 26.1 Å². The van der Waals surface area contributed by atoms with Crippen molar-refractivity contribution < 1.29 is 4.74 Å². The third-order valence-corrected chi connectivity index (χ3v) is 3.93. The van der Waals surface area contributed by atoms with Crippen LogP contribution >= 0.6 is 0 Å². The molecule has 118 valence electrons. The van der Waals surface area contributed by atoms with Gasteiger partial charge in [-0.25, -0.2) is 9.97 Å². The van der Waals surface area contributed by atoms with Crippen LogP contribution in [-0.4, -0.2) is 42.8 Å². The second kappa shape index (κ2) is 7.71. The minimum Gasteiger partial charge on any atom is -0.379 e. The van der Waals surface area contributed by atoms with Crippen LogP contribution in [0, 0.1) is 0 Å². The summed E-state index contributed by atoms with van der Waals surface area (Å²) in [5.41, 5.74) is 2.22. The topological polar surface area (TPSA) is 50.3 Å². The summed E-state index contributed by atoms with van der Waals surface area (Å²) in [4.78, 5) is 11.6. The highest BCUT2D eigenvalue weighted by Crippen LogP contribution is 2.24. The van der Waals surface area contributed by atoms with Gasteiger partial charge in [-0.1, -0.05) is 20.8 Å². The Morgan fingerprint density at radius 3 is 2.90 bits per heavy atom. The van der Waals surface area contributed by atoms with Crippen LogP contribution in [0.15, 0.2) is 6.20 Å². The van der Waals surface area contributed by atoms with E-state index in [1.165, 1.54) is 0 Å². The Hall–Kier alpha value is -1.20. The number of hydrogen-bond acceptors (Lipinski definition) is 5. The van der Waals surface area contributed by atoms with E-state index in [2.05, 4.69) is 43.0 Å². The first-order valence-electron chi connectivity index (χ1n) is 8.00. The second-order valence-corrected chi connectivity index (χ2v) is 6.02. The van der Waals surface area contributed by atoms with Crippen LogP contribution in [0.2, 0.25) is 0 Å². The molecule has 0 radical (unpaired) electrons. The van der Waals surface area contributed by atoms with Gasteiger partial charge in [0.15, 0.2) is 0 Å². The van der Waals surface area contributed by atoms with Crippen molar-refractivity contribution in [2.45, 2.75) is 52.1 Å². The first-order valence-corrected chi connectivity index (χ1v) is 8.00. The summed E-state index contributed by atoms with van der Waals surface area (Å²) < 4.78 is 5.50. The van der Waals surface area contributed by atoms with Gasteiger partial charge in [0.2, 0.25) is 0 Å². The standard InChI is InChI=1S/C16H28N4O/c1-5-7-17-9-14-15(10-18-16(19-14)12(2)3)20(4)13-6-8-21-11-13/h10,12-13,17H,5-9,11H2,1-4H3. The molecule has 2 rings (SSSR count). The number of hydrogen-bond donors (Lipinski definition) is 1. The van der Waals surface area contributed by atoms with Crippen LogP contribution in [0.3, 0.4) is 0 Å². The smallest absolute Gasteiger partial charge is 0.131 e. The molecule has 1 saturated heterocycles. The third-order valence-electron chi connectivity index (χ3n) is 3.93. The third kappa shape index (κ3) is 4.14. The molecule has 0 amide bonds. The molecule has 21 heavy (non-hydrogen) atoms.